The van der Waals surface area contributed by atoms with Crippen molar-refractivity contribution in [2.24, 2.45) is 0 Å². The number of rotatable bonds is 11. The van der Waals surface area contributed by atoms with Crippen molar-refractivity contribution >= 4 is 17.5 Å². The summed E-state index contributed by atoms with van der Waals surface area (Å²) in [5, 5.41) is 0. The molecule has 7 heteroatoms. The lowest BCUT2D eigenvalue weighted by atomic mass is 9.86. The highest BCUT2D eigenvalue weighted by molar-refractivity contribution is 6.05. The number of methoxy groups -OCH3 is 2. The maximum atomic E-state index is 13.4. The van der Waals surface area contributed by atoms with Gasteiger partial charge in [0.15, 0.2) is 11.6 Å². The first kappa shape index (κ1) is 23.8. The molecule has 0 spiro atoms. The van der Waals surface area contributed by atoms with Gasteiger partial charge in [-0.1, -0.05) is 12.1 Å². The van der Waals surface area contributed by atoms with Crippen LogP contribution in [0.25, 0.3) is 0 Å². The third-order valence-electron chi connectivity index (χ3n) is 5.32. The van der Waals surface area contributed by atoms with Crippen molar-refractivity contribution in [3.05, 3.63) is 83.7 Å². The highest BCUT2D eigenvalue weighted by Crippen LogP contribution is 2.29. The van der Waals surface area contributed by atoms with Crippen molar-refractivity contribution in [3.8, 4) is 11.5 Å². The molecule has 0 radical (unpaired) electrons. The van der Waals surface area contributed by atoms with E-state index < -0.39 is 11.9 Å². The lowest BCUT2D eigenvalue weighted by molar-refractivity contribution is -0.143. The summed E-state index contributed by atoms with van der Waals surface area (Å²) >= 11 is 0. The number of nitrogens with zero attached hydrogens (tertiary/aromatic N) is 1. The first-order valence-electron chi connectivity index (χ1n) is 10.6. The van der Waals surface area contributed by atoms with Crippen LogP contribution in [0, 0.1) is 0 Å². The van der Waals surface area contributed by atoms with Gasteiger partial charge in [-0.15, -0.1) is 0 Å². The zero-order valence-electron chi connectivity index (χ0n) is 18.9. The van der Waals surface area contributed by atoms with Gasteiger partial charge in [0.2, 0.25) is 0 Å². The van der Waals surface area contributed by atoms with Crippen molar-refractivity contribution in [2.75, 3.05) is 20.8 Å². The Hall–Kier alpha value is -3.87. The van der Waals surface area contributed by atoms with E-state index in [1.165, 1.54) is 0 Å². The van der Waals surface area contributed by atoms with Gasteiger partial charge in [-0.25, -0.2) is 0 Å². The monoisotopic (exact) mass is 449 g/mol. The Balaban J connectivity index is 1.89. The van der Waals surface area contributed by atoms with Crippen LogP contribution in [0.3, 0.4) is 0 Å². The second kappa shape index (κ2) is 11.1. The molecular weight excluding hydrogens is 422 g/mol. The number of benzene rings is 2. The molecule has 0 aliphatic rings. The van der Waals surface area contributed by atoms with Crippen molar-refractivity contribution in [3.63, 3.8) is 0 Å². The predicted octanol–water partition coefficient (Wildman–Crippen LogP) is 4.31. The highest BCUT2D eigenvalue weighted by atomic mass is 16.5. The Morgan fingerprint density at radius 3 is 2.06 bits per heavy atom. The topological polar surface area (TPSA) is 83.8 Å². The summed E-state index contributed by atoms with van der Waals surface area (Å²) in [6.45, 7) is 1.92. The maximum Gasteiger partial charge on any atom is 0.325 e. The summed E-state index contributed by atoms with van der Waals surface area (Å²) in [6, 6.07) is 17.2. The van der Waals surface area contributed by atoms with E-state index in [9.17, 15) is 14.4 Å². The molecule has 0 saturated carbocycles. The third kappa shape index (κ3) is 5.88. The number of ketones is 2. The zero-order chi connectivity index (χ0) is 23.8. The number of carbonyl (C=O) groups excluding carboxylic acids is 3. The summed E-state index contributed by atoms with van der Waals surface area (Å²) in [5.74, 6) is -0.261. The van der Waals surface area contributed by atoms with Crippen LogP contribution in [0.1, 0.15) is 45.7 Å². The number of carbonyl (C=O) groups is 3. The second-order valence-corrected chi connectivity index (χ2v) is 7.37. The zero-order valence-corrected chi connectivity index (χ0v) is 18.9. The Morgan fingerprint density at radius 2 is 1.48 bits per heavy atom. The summed E-state index contributed by atoms with van der Waals surface area (Å²) in [5.41, 5.74) is 1.53. The molecule has 1 heterocycles. The molecule has 0 saturated heterocycles. The van der Waals surface area contributed by atoms with E-state index >= 15 is 0 Å². The lowest BCUT2D eigenvalue weighted by Crippen LogP contribution is -2.21. The minimum absolute atomic E-state index is 0.0516. The molecule has 1 aromatic heterocycles. The van der Waals surface area contributed by atoms with Crippen LogP contribution in [0.15, 0.2) is 66.9 Å². The molecule has 3 rings (SSSR count). The van der Waals surface area contributed by atoms with E-state index in [0.29, 0.717) is 28.3 Å². The van der Waals surface area contributed by atoms with Crippen molar-refractivity contribution in [1.82, 2.24) is 4.57 Å². The Bertz CT molecular complexity index is 1100. The van der Waals surface area contributed by atoms with Crippen molar-refractivity contribution < 1.29 is 28.6 Å². The molecule has 0 aliphatic heterocycles. The summed E-state index contributed by atoms with van der Waals surface area (Å²) in [4.78, 5) is 38.6. The van der Waals surface area contributed by atoms with Crippen LogP contribution < -0.4 is 9.47 Å². The Morgan fingerprint density at radius 1 is 0.879 bits per heavy atom. The molecule has 1 atom stereocenters. The molecule has 0 N–H and O–H groups in total. The fraction of sp³-hybridized carbons (Fsp3) is 0.269. The molecule has 0 amide bonds. The first-order valence-corrected chi connectivity index (χ1v) is 10.6. The molecule has 0 bridgehead atoms. The molecule has 33 heavy (non-hydrogen) atoms. The minimum Gasteiger partial charge on any atom is -0.497 e. The van der Waals surface area contributed by atoms with Crippen molar-refractivity contribution in [1.29, 1.82) is 0 Å². The minimum atomic E-state index is -0.706. The first-order chi connectivity index (χ1) is 16.0. The summed E-state index contributed by atoms with van der Waals surface area (Å²) in [7, 11) is 3.12. The van der Waals surface area contributed by atoms with E-state index in [0.717, 1.165) is 0 Å². The van der Waals surface area contributed by atoms with E-state index in [2.05, 4.69) is 0 Å². The molecule has 3 aromatic rings. The largest absolute Gasteiger partial charge is 0.497 e. The normalized spacial score (nSPS) is 11.5. The van der Waals surface area contributed by atoms with Gasteiger partial charge in [-0.2, -0.15) is 0 Å². The number of hydrogen-bond acceptors (Lipinski definition) is 6. The quantitative estimate of drug-likeness (QED) is 0.320. The Labute approximate surface area is 192 Å². The lowest BCUT2D eigenvalue weighted by Gasteiger charge is -2.17. The van der Waals surface area contributed by atoms with E-state index in [4.69, 9.17) is 14.2 Å². The van der Waals surface area contributed by atoms with E-state index in [1.54, 1.807) is 92.6 Å². The van der Waals surface area contributed by atoms with Gasteiger partial charge < -0.3 is 18.8 Å². The van der Waals surface area contributed by atoms with Crippen LogP contribution in [0.5, 0.6) is 11.5 Å². The smallest absolute Gasteiger partial charge is 0.325 e. The fourth-order valence-electron chi connectivity index (χ4n) is 3.60. The number of aromatic nitrogens is 1. The van der Waals surface area contributed by atoms with Crippen LogP contribution >= 0.6 is 0 Å². The molecule has 172 valence electrons. The van der Waals surface area contributed by atoms with Gasteiger partial charge in [0.05, 0.1) is 32.4 Å². The van der Waals surface area contributed by atoms with E-state index in [1.807, 2.05) is 0 Å². The molecule has 0 aliphatic carbocycles. The van der Waals surface area contributed by atoms with E-state index in [-0.39, 0.29) is 31.1 Å². The SMILES string of the molecule is CCOC(=O)Cn1cccc1C(=O)CC(C(=O)c1ccc(OC)cc1)c1ccc(OC)cc1. The van der Waals surface area contributed by atoms with Gasteiger partial charge in [-0.05, 0) is 61.0 Å². The molecule has 1 unspecified atom stereocenters. The van der Waals surface area contributed by atoms with Gasteiger partial charge in [0.1, 0.15) is 18.0 Å². The van der Waals surface area contributed by atoms with Crippen LogP contribution in [0.2, 0.25) is 0 Å². The van der Waals surface area contributed by atoms with Gasteiger partial charge in [0.25, 0.3) is 0 Å². The highest BCUT2D eigenvalue weighted by Gasteiger charge is 2.27. The van der Waals surface area contributed by atoms with Crippen LogP contribution in [0.4, 0.5) is 0 Å². The predicted molar refractivity (Wildman–Crippen MR) is 123 cm³/mol. The molecular formula is C26H27NO6. The summed E-state index contributed by atoms with van der Waals surface area (Å²) < 4.78 is 16.9. The van der Waals surface area contributed by atoms with Crippen LogP contribution in [-0.2, 0) is 16.1 Å². The molecule has 2 aromatic carbocycles. The standard InChI is InChI=1S/C26H27NO6/c1-4-33-25(29)17-27-15-5-6-23(27)24(28)16-22(18-7-11-20(31-2)12-8-18)26(30)19-9-13-21(32-3)14-10-19/h5-15,22H,4,16-17H2,1-3H3. The summed E-state index contributed by atoms with van der Waals surface area (Å²) in [6.07, 6.45) is 1.60. The third-order valence-corrected chi connectivity index (χ3v) is 5.32. The average Bonchev–Trinajstić information content (AvgIpc) is 3.30. The Kier molecular flexibility index (Phi) is 8.02. The number of hydrogen-bond donors (Lipinski definition) is 0. The second-order valence-electron chi connectivity index (χ2n) is 7.37. The molecule has 0 fully saturated rings. The average molecular weight is 450 g/mol. The van der Waals surface area contributed by atoms with Crippen molar-refractivity contribution in [2.45, 2.75) is 25.8 Å². The van der Waals surface area contributed by atoms with Gasteiger partial charge >= 0.3 is 5.97 Å². The maximum absolute atomic E-state index is 13.4. The number of Topliss-reactive ketones (excluding diaryl/α,β-unsaturated/α-hetero) is 2. The number of esters is 1. The van der Waals surface area contributed by atoms with Crippen LogP contribution in [-0.4, -0.2) is 42.9 Å². The van der Waals surface area contributed by atoms with Gasteiger partial charge in [0, 0.05) is 18.2 Å². The van der Waals surface area contributed by atoms with Gasteiger partial charge in [-0.3, -0.25) is 14.4 Å². The fourth-order valence-corrected chi connectivity index (χ4v) is 3.60. The molecule has 7 nitrogen and oxygen atoms in total. The number of ether oxygens (including phenoxy) is 3.